The number of aromatic nitrogens is 2. The standard InChI is InChI=1S/C32H34N2/c1-5-7-9-21-19-29-27-13-11-24-23(25(27)15-17-31(29)33(21)3)12-14-28-26(24)16-18-32-30(28)20-22(34(32)4)10-8-6-2/h11-20H,5-10H2,1-4H3. The van der Waals surface area contributed by atoms with E-state index in [0.717, 1.165) is 12.8 Å². The van der Waals surface area contributed by atoms with Gasteiger partial charge in [-0.1, -0.05) is 63.1 Å². The summed E-state index contributed by atoms with van der Waals surface area (Å²) < 4.78 is 4.77. The molecule has 2 heterocycles. The highest BCUT2D eigenvalue weighted by atomic mass is 14.9. The molecule has 0 aliphatic carbocycles. The summed E-state index contributed by atoms with van der Waals surface area (Å²) in [5.74, 6) is 0. The zero-order valence-corrected chi connectivity index (χ0v) is 20.9. The summed E-state index contributed by atoms with van der Waals surface area (Å²) in [6, 6.07) is 23.6. The van der Waals surface area contributed by atoms with Crippen LogP contribution >= 0.6 is 0 Å². The van der Waals surface area contributed by atoms with Crippen LogP contribution < -0.4 is 0 Å². The summed E-state index contributed by atoms with van der Waals surface area (Å²) in [7, 11) is 4.43. The SMILES string of the molecule is CCCCc1cc2c3ccc4c(ccc5c4ccc4c5cc(CCCC)n4C)c3ccc2n1C. The van der Waals surface area contributed by atoms with Gasteiger partial charge in [-0.2, -0.15) is 0 Å². The third-order valence-electron chi connectivity index (χ3n) is 8.01. The smallest absolute Gasteiger partial charge is 0.0486 e. The van der Waals surface area contributed by atoms with Crippen LogP contribution in [0.15, 0.2) is 60.7 Å². The first kappa shape index (κ1) is 21.3. The minimum absolute atomic E-state index is 1.15. The van der Waals surface area contributed by atoms with Gasteiger partial charge in [-0.05, 0) is 82.3 Å². The number of unbranched alkanes of at least 4 members (excludes halogenated alkanes) is 2. The van der Waals surface area contributed by atoms with Crippen molar-refractivity contribution in [2.24, 2.45) is 14.1 Å². The van der Waals surface area contributed by atoms with E-state index in [1.54, 1.807) is 0 Å². The van der Waals surface area contributed by atoms with Crippen LogP contribution in [0.2, 0.25) is 0 Å². The van der Waals surface area contributed by atoms with E-state index < -0.39 is 0 Å². The Balaban J connectivity index is 1.58. The number of fused-ring (bicyclic) bond motifs is 9. The Labute approximate surface area is 201 Å². The molecule has 6 aromatic rings. The molecular weight excluding hydrogens is 412 g/mol. The third-order valence-corrected chi connectivity index (χ3v) is 8.01. The van der Waals surface area contributed by atoms with Gasteiger partial charge in [-0.15, -0.1) is 0 Å². The third kappa shape index (κ3) is 3.08. The second-order valence-electron chi connectivity index (χ2n) is 10.0. The van der Waals surface area contributed by atoms with Crippen molar-refractivity contribution in [3.8, 4) is 0 Å². The van der Waals surface area contributed by atoms with E-state index in [4.69, 9.17) is 0 Å². The first-order valence-electron chi connectivity index (χ1n) is 13.0. The molecule has 0 fully saturated rings. The quantitative estimate of drug-likeness (QED) is 0.226. The Kier molecular flexibility index (Phi) is 5.13. The molecule has 4 aromatic carbocycles. The van der Waals surface area contributed by atoms with Crippen molar-refractivity contribution < 1.29 is 0 Å². The molecule has 0 spiro atoms. The number of rotatable bonds is 6. The second-order valence-corrected chi connectivity index (χ2v) is 10.0. The van der Waals surface area contributed by atoms with Gasteiger partial charge in [-0.3, -0.25) is 0 Å². The predicted octanol–water partition coefficient (Wildman–Crippen LogP) is 8.81. The molecule has 0 saturated heterocycles. The molecule has 2 aromatic heterocycles. The summed E-state index contributed by atoms with van der Waals surface area (Å²) in [4.78, 5) is 0. The van der Waals surface area contributed by atoms with Crippen LogP contribution in [-0.4, -0.2) is 9.13 Å². The molecule has 0 aliphatic heterocycles. The monoisotopic (exact) mass is 446 g/mol. The van der Waals surface area contributed by atoms with Crippen LogP contribution in [-0.2, 0) is 26.9 Å². The number of nitrogens with zero attached hydrogens (tertiary/aromatic N) is 2. The molecular formula is C32H34N2. The molecule has 2 nitrogen and oxygen atoms in total. The summed E-state index contributed by atoms with van der Waals surface area (Å²) in [5.41, 5.74) is 5.55. The first-order chi connectivity index (χ1) is 16.6. The van der Waals surface area contributed by atoms with Gasteiger partial charge in [0.15, 0.2) is 0 Å². The van der Waals surface area contributed by atoms with Crippen molar-refractivity contribution in [2.45, 2.75) is 52.4 Å². The number of hydrogen-bond donors (Lipinski definition) is 0. The molecule has 2 heteroatoms. The summed E-state index contributed by atoms with van der Waals surface area (Å²) in [6.07, 6.45) is 7.24. The topological polar surface area (TPSA) is 9.86 Å². The van der Waals surface area contributed by atoms with Gasteiger partial charge in [0.05, 0.1) is 0 Å². The average molecular weight is 447 g/mol. The molecule has 0 unspecified atom stereocenters. The fraction of sp³-hybridized carbons (Fsp3) is 0.312. The van der Waals surface area contributed by atoms with E-state index in [1.165, 1.54) is 91.2 Å². The van der Waals surface area contributed by atoms with Crippen molar-refractivity contribution in [1.82, 2.24) is 9.13 Å². The fourth-order valence-electron chi connectivity index (χ4n) is 5.98. The van der Waals surface area contributed by atoms with Gasteiger partial charge in [-0.25, -0.2) is 0 Å². The second kappa shape index (κ2) is 8.20. The van der Waals surface area contributed by atoms with E-state index in [1.807, 2.05) is 0 Å². The minimum Gasteiger partial charge on any atom is -0.348 e. The van der Waals surface area contributed by atoms with Crippen molar-refractivity contribution in [3.63, 3.8) is 0 Å². The van der Waals surface area contributed by atoms with Crippen molar-refractivity contribution in [2.75, 3.05) is 0 Å². The highest BCUT2D eigenvalue weighted by Gasteiger charge is 2.14. The zero-order valence-electron chi connectivity index (χ0n) is 20.9. The van der Waals surface area contributed by atoms with Gasteiger partial charge in [0, 0.05) is 47.3 Å². The summed E-state index contributed by atoms with van der Waals surface area (Å²) >= 11 is 0. The Hall–Kier alpha value is -3.26. The molecule has 6 rings (SSSR count). The van der Waals surface area contributed by atoms with Crippen molar-refractivity contribution >= 4 is 54.1 Å². The highest BCUT2D eigenvalue weighted by molar-refractivity contribution is 6.24. The van der Waals surface area contributed by atoms with Crippen LogP contribution in [0.5, 0.6) is 0 Å². The molecule has 0 radical (unpaired) electrons. The number of hydrogen-bond acceptors (Lipinski definition) is 0. The Morgan fingerprint density at radius 1 is 0.471 bits per heavy atom. The molecule has 34 heavy (non-hydrogen) atoms. The van der Waals surface area contributed by atoms with Crippen LogP contribution in [0.25, 0.3) is 54.1 Å². The molecule has 0 aliphatic rings. The maximum absolute atomic E-state index is 2.42. The van der Waals surface area contributed by atoms with E-state index in [-0.39, 0.29) is 0 Å². The molecule has 0 N–H and O–H groups in total. The minimum atomic E-state index is 1.15. The van der Waals surface area contributed by atoms with Gasteiger partial charge >= 0.3 is 0 Å². The molecule has 0 bridgehead atoms. The number of benzene rings is 4. The highest BCUT2D eigenvalue weighted by Crippen LogP contribution is 2.38. The lowest BCUT2D eigenvalue weighted by atomic mass is 9.94. The fourth-order valence-corrected chi connectivity index (χ4v) is 5.98. The Morgan fingerprint density at radius 2 is 0.794 bits per heavy atom. The lowest BCUT2D eigenvalue weighted by Crippen LogP contribution is -1.95. The van der Waals surface area contributed by atoms with Crippen LogP contribution in [0, 0.1) is 0 Å². The van der Waals surface area contributed by atoms with Crippen LogP contribution in [0.3, 0.4) is 0 Å². The van der Waals surface area contributed by atoms with E-state index >= 15 is 0 Å². The van der Waals surface area contributed by atoms with Gasteiger partial charge in [0.25, 0.3) is 0 Å². The van der Waals surface area contributed by atoms with Crippen LogP contribution in [0.1, 0.15) is 50.9 Å². The van der Waals surface area contributed by atoms with E-state index in [2.05, 4.69) is 97.7 Å². The lowest BCUT2D eigenvalue weighted by Gasteiger charge is -2.10. The first-order valence-corrected chi connectivity index (χ1v) is 13.0. The van der Waals surface area contributed by atoms with Crippen LogP contribution in [0.4, 0.5) is 0 Å². The maximum Gasteiger partial charge on any atom is 0.0486 e. The van der Waals surface area contributed by atoms with E-state index in [9.17, 15) is 0 Å². The van der Waals surface area contributed by atoms with E-state index in [0.29, 0.717) is 0 Å². The molecule has 172 valence electrons. The average Bonchev–Trinajstić information content (AvgIpc) is 3.37. The largest absolute Gasteiger partial charge is 0.348 e. The zero-order chi connectivity index (χ0) is 23.4. The Bertz CT molecular complexity index is 1570. The predicted molar refractivity (Wildman–Crippen MR) is 149 cm³/mol. The normalized spacial score (nSPS) is 12.2. The molecule has 0 atom stereocenters. The molecule has 0 saturated carbocycles. The summed E-state index contributed by atoms with van der Waals surface area (Å²) in [5, 5.41) is 10.9. The molecule has 0 amide bonds. The summed E-state index contributed by atoms with van der Waals surface area (Å²) in [6.45, 7) is 4.54. The Morgan fingerprint density at radius 3 is 1.15 bits per heavy atom. The van der Waals surface area contributed by atoms with Gasteiger partial charge < -0.3 is 9.13 Å². The van der Waals surface area contributed by atoms with Crippen molar-refractivity contribution in [1.29, 1.82) is 0 Å². The number of aryl methyl sites for hydroxylation is 4. The maximum atomic E-state index is 2.42. The van der Waals surface area contributed by atoms with Crippen molar-refractivity contribution in [3.05, 3.63) is 72.1 Å². The van der Waals surface area contributed by atoms with Gasteiger partial charge in [0.1, 0.15) is 0 Å². The van der Waals surface area contributed by atoms with Gasteiger partial charge in [0.2, 0.25) is 0 Å². The lowest BCUT2D eigenvalue weighted by molar-refractivity contribution is 0.742.